The van der Waals surface area contributed by atoms with Crippen LogP contribution in [0.15, 0.2) is 52.4 Å². The molecule has 0 aliphatic carbocycles. The number of unbranched alkanes of at least 4 members (excludes halogenated alkanes) is 34. The van der Waals surface area contributed by atoms with Gasteiger partial charge in [0.15, 0.2) is 0 Å². The number of hydrogen-bond donors (Lipinski definition) is 0. The van der Waals surface area contributed by atoms with Crippen molar-refractivity contribution in [3.8, 4) is 11.5 Å². The lowest BCUT2D eigenvalue weighted by Gasteiger charge is -2.17. The van der Waals surface area contributed by atoms with Crippen LogP contribution in [-0.2, 0) is 0 Å². The lowest BCUT2D eigenvalue weighted by Crippen LogP contribution is -2.06. The summed E-state index contributed by atoms with van der Waals surface area (Å²) in [6, 6.07) is 15.0. The van der Waals surface area contributed by atoms with E-state index in [2.05, 4.69) is 112 Å². The summed E-state index contributed by atoms with van der Waals surface area (Å²) in [7, 11) is 0. The lowest BCUT2D eigenvalue weighted by molar-refractivity contribution is 0.300. The van der Waals surface area contributed by atoms with E-state index in [4.69, 9.17) is 24.4 Å². The fourth-order valence-corrected chi connectivity index (χ4v) is 10.5. The predicted molar refractivity (Wildman–Crippen MR) is 327 cm³/mol. The minimum absolute atomic E-state index is 0.333. The van der Waals surface area contributed by atoms with Gasteiger partial charge in [-0.05, 0) is 111 Å². The first-order valence-corrected chi connectivity index (χ1v) is 31.7. The van der Waals surface area contributed by atoms with Crippen LogP contribution in [0.5, 0.6) is 11.5 Å². The van der Waals surface area contributed by atoms with Crippen molar-refractivity contribution in [2.45, 2.75) is 312 Å². The van der Waals surface area contributed by atoms with Gasteiger partial charge in [-0.1, -0.05) is 266 Å². The first-order valence-electron chi connectivity index (χ1n) is 31.7. The number of hydrogen-bond acceptors (Lipinski definition) is 5. The molecule has 2 aromatic carbocycles. The van der Waals surface area contributed by atoms with Gasteiger partial charge in [-0.25, -0.2) is 4.98 Å². The smallest absolute Gasteiger partial charge is 0.123 e. The summed E-state index contributed by atoms with van der Waals surface area (Å²) < 4.78 is 12.9. The van der Waals surface area contributed by atoms with Gasteiger partial charge in [-0.2, -0.15) is 0 Å². The van der Waals surface area contributed by atoms with Crippen LogP contribution in [0.25, 0.3) is 0 Å². The molecule has 3 rings (SSSR count). The fourth-order valence-electron chi connectivity index (χ4n) is 10.5. The Balaban J connectivity index is 1.40. The SMILES string of the molecule is CCCCCCCCCCCCCCCCCCCCOc1cc(C)c(/N=C(\C)c2cccc(/C(C)=N/c3cc(C(C)C)c(OCCCCCCCCCCCCCCCCCCCC)cc3C)n2)cc1C(C)C. The molecule has 0 aliphatic rings. The Morgan fingerprint density at radius 1 is 0.392 bits per heavy atom. The minimum atomic E-state index is 0.333. The summed E-state index contributed by atoms with van der Waals surface area (Å²) in [5, 5.41) is 0. The number of aromatic nitrogens is 1. The van der Waals surface area contributed by atoms with Crippen molar-refractivity contribution in [2.24, 2.45) is 9.98 Å². The monoisotopic (exact) mass is 1020 g/mol. The highest BCUT2D eigenvalue weighted by molar-refractivity contribution is 6.02. The van der Waals surface area contributed by atoms with Crippen molar-refractivity contribution in [3.63, 3.8) is 0 Å². The minimum Gasteiger partial charge on any atom is -0.493 e. The highest BCUT2D eigenvalue weighted by Crippen LogP contribution is 2.36. The molecular weight excluding hydrogens is 903 g/mol. The van der Waals surface area contributed by atoms with E-state index < -0.39 is 0 Å². The molecule has 0 N–H and O–H groups in total. The molecule has 0 fully saturated rings. The van der Waals surface area contributed by atoms with Crippen LogP contribution < -0.4 is 9.47 Å². The highest BCUT2D eigenvalue weighted by Gasteiger charge is 2.15. The molecular formula is C69H115N3O2. The van der Waals surface area contributed by atoms with Gasteiger partial charge < -0.3 is 9.47 Å². The van der Waals surface area contributed by atoms with Crippen LogP contribution in [0.2, 0.25) is 0 Å². The topological polar surface area (TPSA) is 56.1 Å². The Morgan fingerprint density at radius 3 is 0.905 bits per heavy atom. The van der Waals surface area contributed by atoms with Crippen LogP contribution in [0.1, 0.15) is 332 Å². The Labute approximate surface area is 458 Å². The third kappa shape index (κ3) is 28.6. The van der Waals surface area contributed by atoms with E-state index >= 15 is 0 Å². The van der Waals surface area contributed by atoms with Crippen molar-refractivity contribution in [1.29, 1.82) is 0 Å². The average Bonchev–Trinajstić information content (AvgIpc) is 3.38. The molecule has 0 bridgehead atoms. The van der Waals surface area contributed by atoms with E-state index in [0.29, 0.717) is 11.8 Å². The van der Waals surface area contributed by atoms with E-state index in [1.807, 2.05) is 0 Å². The molecule has 0 spiro atoms. The molecule has 0 radical (unpaired) electrons. The molecule has 418 valence electrons. The van der Waals surface area contributed by atoms with Gasteiger partial charge in [-0.15, -0.1) is 0 Å². The van der Waals surface area contributed by atoms with E-state index in [9.17, 15) is 0 Å². The second kappa shape index (κ2) is 41.7. The van der Waals surface area contributed by atoms with Crippen molar-refractivity contribution >= 4 is 22.8 Å². The van der Waals surface area contributed by atoms with E-state index in [0.717, 1.165) is 82.9 Å². The summed E-state index contributed by atoms with van der Waals surface area (Å²) in [6.07, 6.45) is 49.9. The molecule has 74 heavy (non-hydrogen) atoms. The molecule has 3 aromatic rings. The lowest BCUT2D eigenvalue weighted by atomic mass is 9.99. The van der Waals surface area contributed by atoms with E-state index in [-0.39, 0.29) is 0 Å². The third-order valence-corrected chi connectivity index (χ3v) is 15.5. The van der Waals surface area contributed by atoms with Gasteiger partial charge in [0.1, 0.15) is 11.5 Å². The summed E-state index contributed by atoms with van der Waals surface area (Å²) in [6.45, 7) is 23.6. The maximum absolute atomic E-state index is 6.46. The predicted octanol–water partition coefficient (Wildman–Crippen LogP) is 23.1. The molecule has 0 saturated carbocycles. The Kier molecular flexibility index (Phi) is 36.5. The maximum atomic E-state index is 6.46. The second-order valence-electron chi connectivity index (χ2n) is 23.2. The number of ether oxygens (including phenoxy) is 2. The van der Waals surface area contributed by atoms with Crippen LogP contribution in [0.3, 0.4) is 0 Å². The maximum Gasteiger partial charge on any atom is 0.123 e. The first-order chi connectivity index (χ1) is 36.0. The van der Waals surface area contributed by atoms with Gasteiger partial charge in [0.25, 0.3) is 0 Å². The van der Waals surface area contributed by atoms with Crippen LogP contribution in [-0.4, -0.2) is 29.6 Å². The fraction of sp³-hybridized carbons (Fsp3) is 0.725. The van der Waals surface area contributed by atoms with Gasteiger partial charge in [0, 0.05) is 0 Å². The van der Waals surface area contributed by atoms with Gasteiger partial charge in [0.2, 0.25) is 0 Å². The van der Waals surface area contributed by atoms with E-state index in [1.165, 1.54) is 229 Å². The Morgan fingerprint density at radius 2 is 0.649 bits per heavy atom. The zero-order valence-electron chi connectivity index (χ0n) is 50.2. The molecule has 5 nitrogen and oxygen atoms in total. The first kappa shape index (κ1) is 64.8. The number of nitrogens with zero attached hydrogens (tertiary/aromatic N) is 3. The van der Waals surface area contributed by atoms with Crippen LogP contribution >= 0.6 is 0 Å². The molecule has 5 heteroatoms. The summed E-state index contributed by atoms with van der Waals surface area (Å²) in [5.74, 6) is 2.67. The van der Waals surface area contributed by atoms with Crippen molar-refractivity contribution < 1.29 is 9.47 Å². The molecule has 0 amide bonds. The number of aliphatic imine (C=N–C) groups is 2. The molecule has 0 atom stereocenters. The number of benzene rings is 2. The molecule has 0 unspecified atom stereocenters. The standard InChI is InChI=1S/C69H115N3O2/c1-11-13-15-17-19-21-23-25-27-29-31-33-35-37-39-41-43-45-50-73-68-52-58(7)66(54-62(68)56(3)4)70-60(9)64-48-47-49-65(72-64)61(10)71-67-55-63(57(5)6)69(53-59(67)8)74-51-46-44-42-40-38-36-34-32-30-28-26-24-22-20-18-16-14-12-2/h47-49,52-57H,11-46,50-51H2,1-10H3/b70-60+,71-61+. The Bertz CT molecular complexity index is 1810. The molecule has 1 heterocycles. The molecule has 1 aromatic heterocycles. The van der Waals surface area contributed by atoms with Gasteiger partial charge in [0.05, 0.1) is 47.4 Å². The second-order valence-corrected chi connectivity index (χ2v) is 23.2. The number of rotatable bonds is 46. The van der Waals surface area contributed by atoms with Crippen LogP contribution in [0.4, 0.5) is 11.4 Å². The number of aryl methyl sites for hydroxylation is 2. The zero-order valence-corrected chi connectivity index (χ0v) is 50.2. The average molecular weight is 1020 g/mol. The third-order valence-electron chi connectivity index (χ3n) is 15.5. The van der Waals surface area contributed by atoms with Gasteiger partial charge in [-0.3, -0.25) is 9.98 Å². The van der Waals surface area contributed by atoms with Crippen molar-refractivity contribution in [1.82, 2.24) is 4.98 Å². The molecule has 0 saturated heterocycles. The van der Waals surface area contributed by atoms with Crippen LogP contribution in [0, 0.1) is 13.8 Å². The van der Waals surface area contributed by atoms with Crippen molar-refractivity contribution in [3.05, 3.63) is 76.1 Å². The number of pyridine rings is 1. The highest BCUT2D eigenvalue weighted by atomic mass is 16.5. The Hall–Kier alpha value is -3.47. The molecule has 0 aliphatic heterocycles. The quantitative estimate of drug-likeness (QED) is 0.0418. The van der Waals surface area contributed by atoms with E-state index in [1.54, 1.807) is 0 Å². The zero-order chi connectivity index (χ0) is 53.4. The normalized spacial score (nSPS) is 12.2. The van der Waals surface area contributed by atoms with Crippen molar-refractivity contribution in [2.75, 3.05) is 13.2 Å². The summed E-state index contributed by atoms with van der Waals surface area (Å²) in [5.41, 5.74) is 10.1. The summed E-state index contributed by atoms with van der Waals surface area (Å²) in [4.78, 5) is 15.4. The summed E-state index contributed by atoms with van der Waals surface area (Å²) >= 11 is 0. The van der Waals surface area contributed by atoms with Gasteiger partial charge >= 0.3 is 0 Å². The largest absolute Gasteiger partial charge is 0.493 e.